The number of aliphatic hydroxyl groups excluding tert-OH is 1. The number of hydrogen-bond acceptors (Lipinski definition) is 3. The SMILES string of the molecule is CCCCCC(=O)OCC[N+](C)(CCO)Cc1ccccc1. The fourth-order valence-corrected chi connectivity index (χ4v) is 2.51. The average Bonchev–Trinajstić information content (AvgIpc) is 2.48. The van der Waals surface area contributed by atoms with Crippen LogP contribution in [0.2, 0.25) is 0 Å². The number of quaternary nitrogens is 1. The molecule has 0 radical (unpaired) electrons. The first kappa shape index (κ1) is 18.7. The van der Waals surface area contributed by atoms with Crippen LogP contribution in [0.5, 0.6) is 0 Å². The molecule has 0 aliphatic rings. The minimum absolute atomic E-state index is 0.108. The van der Waals surface area contributed by atoms with Crippen LogP contribution < -0.4 is 0 Å². The van der Waals surface area contributed by atoms with Gasteiger partial charge in [0, 0.05) is 12.0 Å². The third-order valence-corrected chi connectivity index (χ3v) is 3.93. The van der Waals surface area contributed by atoms with E-state index in [0.29, 0.717) is 24.1 Å². The molecule has 1 unspecified atom stereocenters. The van der Waals surface area contributed by atoms with Gasteiger partial charge in [-0.3, -0.25) is 4.79 Å². The number of ether oxygens (including phenoxy) is 1. The lowest BCUT2D eigenvalue weighted by Crippen LogP contribution is -2.47. The van der Waals surface area contributed by atoms with Crippen molar-refractivity contribution < 1.29 is 19.1 Å². The molecule has 0 amide bonds. The van der Waals surface area contributed by atoms with Crippen molar-refractivity contribution in [2.24, 2.45) is 0 Å². The Morgan fingerprint density at radius 1 is 1.18 bits per heavy atom. The lowest BCUT2D eigenvalue weighted by molar-refractivity contribution is -0.923. The van der Waals surface area contributed by atoms with Gasteiger partial charge >= 0.3 is 5.97 Å². The van der Waals surface area contributed by atoms with E-state index >= 15 is 0 Å². The Kier molecular flexibility index (Phi) is 8.78. The molecule has 0 heterocycles. The van der Waals surface area contributed by atoms with Gasteiger partial charge < -0.3 is 14.3 Å². The summed E-state index contributed by atoms with van der Waals surface area (Å²) in [6.07, 6.45) is 3.59. The Morgan fingerprint density at radius 2 is 1.91 bits per heavy atom. The molecule has 0 fully saturated rings. The van der Waals surface area contributed by atoms with E-state index in [1.165, 1.54) is 5.56 Å². The molecule has 1 aromatic carbocycles. The van der Waals surface area contributed by atoms with Gasteiger partial charge in [0.2, 0.25) is 0 Å². The smallest absolute Gasteiger partial charge is 0.305 e. The second kappa shape index (κ2) is 10.4. The van der Waals surface area contributed by atoms with Gasteiger partial charge in [-0.05, 0) is 6.42 Å². The lowest BCUT2D eigenvalue weighted by Gasteiger charge is -2.33. The van der Waals surface area contributed by atoms with E-state index in [4.69, 9.17) is 4.74 Å². The average molecular weight is 308 g/mol. The number of benzene rings is 1. The number of unbranched alkanes of at least 4 members (excludes halogenated alkanes) is 2. The zero-order chi connectivity index (χ0) is 16.3. The summed E-state index contributed by atoms with van der Waals surface area (Å²) in [5.74, 6) is -0.108. The summed E-state index contributed by atoms with van der Waals surface area (Å²) in [4.78, 5) is 11.6. The van der Waals surface area contributed by atoms with Crippen molar-refractivity contribution in [2.75, 3.05) is 33.4 Å². The van der Waals surface area contributed by atoms with E-state index in [0.717, 1.165) is 32.4 Å². The van der Waals surface area contributed by atoms with Crippen molar-refractivity contribution in [2.45, 2.75) is 39.2 Å². The van der Waals surface area contributed by atoms with Gasteiger partial charge in [-0.1, -0.05) is 50.1 Å². The lowest BCUT2D eigenvalue weighted by atomic mass is 10.2. The largest absolute Gasteiger partial charge is 0.460 e. The van der Waals surface area contributed by atoms with Crippen LogP contribution in [0.15, 0.2) is 30.3 Å². The summed E-state index contributed by atoms with van der Waals surface area (Å²) in [7, 11) is 2.09. The Morgan fingerprint density at radius 3 is 2.55 bits per heavy atom. The molecular formula is C18H30NO3+. The topological polar surface area (TPSA) is 46.5 Å². The number of carbonyl (C=O) groups excluding carboxylic acids is 1. The van der Waals surface area contributed by atoms with Crippen molar-refractivity contribution in [3.05, 3.63) is 35.9 Å². The number of hydrogen-bond donors (Lipinski definition) is 1. The first-order chi connectivity index (χ1) is 10.6. The molecule has 0 saturated carbocycles. The highest BCUT2D eigenvalue weighted by atomic mass is 16.5. The number of aliphatic hydroxyl groups is 1. The number of carbonyl (C=O) groups is 1. The van der Waals surface area contributed by atoms with Crippen LogP contribution in [-0.2, 0) is 16.1 Å². The summed E-state index contributed by atoms with van der Waals surface area (Å²) in [5, 5.41) is 9.31. The molecule has 4 nitrogen and oxygen atoms in total. The molecule has 4 heteroatoms. The van der Waals surface area contributed by atoms with E-state index in [1.54, 1.807) is 0 Å². The second-order valence-electron chi connectivity index (χ2n) is 6.11. The van der Waals surface area contributed by atoms with Gasteiger partial charge in [0.1, 0.15) is 26.2 Å². The van der Waals surface area contributed by atoms with Crippen LogP contribution in [0.25, 0.3) is 0 Å². The predicted molar refractivity (Wildman–Crippen MR) is 88.3 cm³/mol. The third-order valence-electron chi connectivity index (χ3n) is 3.93. The van der Waals surface area contributed by atoms with Crippen LogP contribution in [0.1, 0.15) is 38.2 Å². The minimum Gasteiger partial charge on any atom is -0.460 e. The molecule has 0 aliphatic carbocycles. The monoisotopic (exact) mass is 308 g/mol. The zero-order valence-corrected chi connectivity index (χ0v) is 14.0. The van der Waals surface area contributed by atoms with Crippen molar-refractivity contribution in [1.29, 1.82) is 0 Å². The summed E-state index contributed by atoms with van der Waals surface area (Å²) in [6.45, 7) is 4.86. The second-order valence-corrected chi connectivity index (χ2v) is 6.11. The molecule has 1 N–H and O–H groups in total. The van der Waals surface area contributed by atoms with Gasteiger partial charge in [0.15, 0.2) is 0 Å². The highest BCUT2D eigenvalue weighted by Crippen LogP contribution is 2.11. The number of nitrogens with zero attached hydrogens (tertiary/aromatic N) is 1. The van der Waals surface area contributed by atoms with E-state index in [9.17, 15) is 9.90 Å². The van der Waals surface area contributed by atoms with Crippen molar-refractivity contribution in [3.63, 3.8) is 0 Å². The van der Waals surface area contributed by atoms with Gasteiger partial charge in [0.05, 0.1) is 13.7 Å². The first-order valence-corrected chi connectivity index (χ1v) is 8.23. The predicted octanol–water partition coefficient (Wildman–Crippen LogP) is 2.75. The number of esters is 1. The molecule has 0 saturated heterocycles. The summed E-state index contributed by atoms with van der Waals surface area (Å²) in [5.41, 5.74) is 1.23. The summed E-state index contributed by atoms with van der Waals surface area (Å²) < 4.78 is 6.00. The quantitative estimate of drug-likeness (QED) is 0.388. The van der Waals surface area contributed by atoms with Gasteiger partial charge in [-0.25, -0.2) is 0 Å². The summed E-state index contributed by atoms with van der Waals surface area (Å²) in [6, 6.07) is 10.2. The highest BCUT2D eigenvalue weighted by Gasteiger charge is 2.22. The maximum atomic E-state index is 11.6. The van der Waals surface area contributed by atoms with E-state index in [-0.39, 0.29) is 12.6 Å². The molecule has 0 aliphatic heterocycles. The molecular weight excluding hydrogens is 278 g/mol. The minimum atomic E-state index is -0.108. The van der Waals surface area contributed by atoms with Crippen LogP contribution in [-0.4, -0.2) is 48.9 Å². The van der Waals surface area contributed by atoms with Crippen molar-refractivity contribution in [3.8, 4) is 0 Å². The number of rotatable bonds is 11. The van der Waals surface area contributed by atoms with E-state index in [1.807, 2.05) is 18.2 Å². The van der Waals surface area contributed by atoms with Crippen LogP contribution in [0.3, 0.4) is 0 Å². The van der Waals surface area contributed by atoms with Crippen LogP contribution in [0, 0.1) is 0 Å². The Labute approximate surface area is 134 Å². The highest BCUT2D eigenvalue weighted by molar-refractivity contribution is 5.69. The number of likely N-dealkylation sites (N-methyl/N-ethyl adjacent to an activating group) is 1. The molecule has 1 aromatic rings. The van der Waals surface area contributed by atoms with Crippen LogP contribution >= 0.6 is 0 Å². The fraction of sp³-hybridized carbons (Fsp3) is 0.611. The molecule has 22 heavy (non-hydrogen) atoms. The van der Waals surface area contributed by atoms with E-state index in [2.05, 4.69) is 26.1 Å². The van der Waals surface area contributed by atoms with Crippen molar-refractivity contribution in [1.82, 2.24) is 0 Å². The molecule has 1 rings (SSSR count). The van der Waals surface area contributed by atoms with E-state index < -0.39 is 0 Å². The van der Waals surface area contributed by atoms with Gasteiger partial charge in [0.25, 0.3) is 0 Å². The van der Waals surface area contributed by atoms with Crippen LogP contribution in [0.4, 0.5) is 0 Å². The Balaban J connectivity index is 2.41. The van der Waals surface area contributed by atoms with Crippen molar-refractivity contribution >= 4 is 5.97 Å². The van der Waals surface area contributed by atoms with Gasteiger partial charge in [-0.15, -0.1) is 0 Å². The zero-order valence-electron chi connectivity index (χ0n) is 14.0. The molecule has 0 bridgehead atoms. The van der Waals surface area contributed by atoms with Gasteiger partial charge in [-0.2, -0.15) is 0 Å². The fourth-order valence-electron chi connectivity index (χ4n) is 2.51. The summed E-state index contributed by atoms with van der Waals surface area (Å²) >= 11 is 0. The standard InChI is InChI=1S/C18H30NO3/c1-3-4-6-11-18(21)22-15-13-19(2,12-14-20)16-17-9-7-5-8-10-17/h5,7-10,20H,3-4,6,11-16H2,1-2H3/q+1. The molecule has 0 spiro atoms. The Bertz CT molecular complexity index is 422. The third kappa shape index (κ3) is 7.57. The first-order valence-electron chi connectivity index (χ1n) is 8.23. The normalized spacial score (nSPS) is 13.6. The molecule has 0 aromatic heterocycles. The maximum Gasteiger partial charge on any atom is 0.305 e. The Hall–Kier alpha value is -1.39. The maximum absolute atomic E-state index is 11.6. The molecule has 1 atom stereocenters. The molecule has 124 valence electrons.